The van der Waals surface area contributed by atoms with Gasteiger partial charge in [-0.2, -0.15) is 0 Å². The molecule has 0 aromatic heterocycles. The van der Waals surface area contributed by atoms with Crippen LogP contribution in [-0.2, 0) is 9.59 Å². The van der Waals surface area contributed by atoms with Crippen LogP contribution >= 0.6 is 12.4 Å². The van der Waals surface area contributed by atoms with E-state index in [0.29, 0.717) is 24.4 Å². The van der Waals surface area contributed by atoms with E-state index in [1.165, 1.54) is 12.8 Å². The number of nitrogens with zero attached hydrogens (tertiary/aromatic N) is 2. The number of likely N-dealkylation sites (N-methyl/N-ethyl adjacent to an activating group) is 1. The maximum Gasteiger partial charge on any atom is 0.245 e. The van der Waals surface area contributed by atoms with E-state index in [1.54, 1.807) is 0 Å². The Hall–Kier alpha value is -0.810. The molecule has 1 N–H and O–H groups in total. The van der Waals surface area contributed by atoms with Crippen LogP contribution in [-0.4, -0.2) is 59.4 Å². The summed E-state index contributed by atoms with van der Waals surface area (Å²) in [6.07, 6.45) is 7.22. The number of hydrogen-bond donors (Lipinski definition) is 1. The van der Waals surface area contributed by atoms with Crippen molar-refractivity contribution in [2.45, 2.75) is 76.9 Å². The Bertz CT molecular complexity index is 444. The lowest BCUT2D eigenvalue weighted by molar-refractivity contribution is -0.144. The summed E-state index contributed by atoms with van der Waals surface area (Å²) in [5.74, 6) is 0.858. The van der Waals surface area contributed by atoms with Crippen molar-refractivity contribution in [3.63, 3.8) is 0 Å². The van der Waals surface area contributed by atoms with E-state index in [-0.39, 0.29) is 30.3 Å². The second-order valence-electron chi connectivity index (χ2n) is 7.44. The van der Waals surface area contributed by atoms with Crippen molar-refractivity contribution in [2.24, 2.45) is 5.92 Å². The van der Waals surface area contributed by atoms with E-state index in [9.17, 15) is 9.59 Å². The zero-order valence-corrected chi connectivity index (χ0v) is 15.8. The smallest absolute Gasteiger partial charge is 0.245 e. The van der Waals surface area contributed by atoms with Gasteiger partial charge in [-0.15, -0.1) is 12.4 Å². The first kappa shape index (κ1) is 19.5. The molecule has 0 aromatic rings. The zero-order valence-electron chi connectivity index (χ0n) is 15.0. The first-order chi connectivity index (χ1) is 11.1. The molecule has 0 saturated carbocycles. The molecule has 24 heavy (non-hydrogen) atoms. The van der Waals surface area contributed by atoms with E-state index in [0.717, 1.165) is 45.3 Å². The highest BCUT2D eigenvalue weighted by Gasteiger charge is 2.39. The van der Waals surface area contributed by atoms with Gasteiger partial charge in [0.05, 0.1) is 0 Å². The van der Waals surface area contributed by atoms with Gasteiger partial charge in [0.15, 0.2) is 0 Å². The lowest BCUT2D eigenvalue weighted by atomic mass is 9.89. The molecule has 0 spiro atoms. The highest BCUT2D eigenvalue weighted by atomic mass is 35.5. The molecule has 2 amide bonds. The van der Waals surface area contributed by atoms with Gasteiger partial charge >= 0.3 is 0 Å². The average molecular weight is 358 g/mol. The summed E-state index contributed by atoms with van der Waals surface area (Å²) in [5.41, 5.74) is 0. The largest absolute Gasteiger partial charge is 0.341 e. The highest BCUT2D eigenvalue weighted by Crippen LogP contribution is 2.33. The van der Waals surface area contributed by atoms with Crippen LogP contribution in [0.1, 0.15) is 58.8 Å². The van der Waals surface area contributed by atoms with Crippen molar-refractivity contribution < 1.29 is 9.59 Å². The van der Waals surface area contributed by atoms with Crippen molar-refractivity contribution >= 4 is 24.2 Å². The Morgan fingerprint density at radius 3 is 2.29 bits per heavy atom. The predicted molar refractivity (Wildman–Crippen MR) is 97.2 cm³/mol. The molecular formula is C18H32ClN3O2. The second-order valence-corrected chi connectivity index (χ2v) is 7.44. The maximum absolute atomic E-state index is 12.8. The average Bonchev–Trinajstić information content (AvgIpc) is 3.15. The summed E-state index contributed by atoms with van der Waals surface area (Å²) in [6, 6.07) is 1.04. The molecule has 0 aromatic carbocycles. The van der Waals surface area contributed by atoms with Crippen molar-refractivity contribution in [2.75, 3.05) is 19.6 Å². The number of likely N-dealkylation sites (tertiary alicyclic amines) is 1. The molecule has 3 heterocycles. The van der Waals surface area contributed by atoms with Gasteiger partial charge < -0.3 is 15.1 Å². The van der Waals surface area contributed by atoms with Crippen LogP contribution in [0.4, 0.5) is 0 Å². The number of fused-ring (bicyclic) bond motifs is 2. The molecule has 3 unspecified atom stereocenters. The minimum absolute atomic E-state index is 0. The molecule has 3 fully saturated rings. The minimum atomic E-state index is -0.208. The highest BCUT2D eigenvalue weighted by molar-refractivity contribution is 5.88. The van der Waals surface area contributed by atoms with Gasteiger partial charge in [0.1, 0.15) is 6.04 Å². The fraction of sp³-hybridized carbons (Fsp3) is 0.889. The van der Waals surface area contributed by atoms with E-state index in [4.69, 9.17) is 0 Å². The van der Waals surface area contributed by atoms with Crippen LogP contribution in [0, 0.1) is 5.92 Å². The number of halogens is 1. The summed E-state index contributed by atoms with van der Waals surface area (Å²) >= 11 is 0. The van der Waals surface area contributed by atoms with Crippen molar-refractivity contribution in [3.8, 4) is 0 Å². The van der Waals surface area contributed by atoms with Gasteiger partial charge in [-0.25, -0.2) is 0 Å². The van der Waals surface area contributed by atoms with Crippen molar-refractivity contribution in [3.05, 3.63) is 0 Å². The van der Waals surface area contributed by atoms with Gasteiger partial charge in [0, 0.05) is 38.1 Å². The Morgan fingerprint density at radius 2 is 1.71 bits per heavy atom. The summed E-state index contributed by atoms with van der Waals surface area (Å²) in [4.78, 5) is 29.2. The van der Waals surface area contributed by atoms with Crippen LogP contribution < -0.4 is 5.32 Å². The first-order valence-electron chi connectivity index (χ1n) is 9.46. The van der Waals surface area contributed by atoms with Crippen molar-refractivity contribution in [1.82, 2.24) is 15.1 Å². The number of piperidine rings is 1. The number of amides is 2. The minimum Gasteiger partial charge on any atom is -0.341 e. The summed E-state index contributed by atoms with van der Waals surface area (Å²) in [5, 5.41) is 3.63. The third-order valence-electron chi connectivity index (χ3n) is 5.97. The number of carbonyl (C=O) groups excluding carboxylic acids is 2. The quantitative estimate of drug-likeness (QED) is 0.820. The van der Waals surface area contributed by atoms with Gasteiger partial charge in [0.25, 0.3) is 0 Å². The predicted octanol–water partition coefficient (Wildman–Crippen LogP) is 2.19. The Morgan fingerprint density at radius 1 is 1.08 bits per heavy atom. The first-order valence-corrected chi connectivity index (χ1v) is 9.46. The number of nitrogens with one attached hydrogen (secondary N) is 1. The number of rotatable bonds is 5. The van der Waals surface area contributed by atoms with Crippen LogP contribution in [0.25, 0.3) is 0 Å². The molecule has 5 nitrogen and oxygen atoms in total. The fourth-order valence-electron chi connectivity index (χ4n) is 4.77. The molecule has 3 saturated heterocycles. The fourth-order valence-corrected chi connectivity index (χ4v) is 4.77. The number of carbonyl (C=O) groups is 2. The van der Waals surface area contributed by atoms with Crippen LogP contribution in [0.5, 0.6) is 0 Å². The Kier molecular flexibility index (Phi) is 6.93. The molecule has 6 heteroatoms. The molecule has 3 aliphatic heterocycles. The molecule has 0 aliphatic carbocycles. The SMILES string of the molecule is CCN(CC)C(=O)C1CCCN1C(=O)CC1CC2CCC(C1)N2.Cl. The molecule has 0 radical (unpaired) electrons. The van der Waals surface area contributed by atoms with Gasteiger partial charge in [-0.3, -0.25) is 9.59 Å². The summed E-state index contributed by atoms with van der Waals surface area (Å²) in [6.45, 7) is 6.23. The van der Waals surface area contributed by atoms with Gasteiger partial charge in [0.2, 0.25) is 11.8 Å². The Balaban J connectivity index is 0.00000208. The summed E-state index contributed by atoms with van der Waals surface area (Å²) in [7, 11) is 0. The van der Waals surface area contributed by atoms with E-state index in [1.807, 2.05) is 23.6 Å². The van der Waals surface area contributed by atoms with Gasteiger partial charge in [-0.05, 0) is 58.3 Å². The second kappa shape index (κ2) is 8.52. The third kappa shape index (κ3) is 4.05. The summed E-state index contributed by atoms with van der Waals surface area (Å²) < 4.78 is 0. The lowest BCUT2D eigenvalue weighted by Crippen LogP contribution is -2.48. The molecular weight excluding hydrogens is 326 g/mol. The van der Waals surface area contributed by atoms with E-state index >= 15 is 0 Å². The van der Waals surface area contributed by atoms with Gasteiger partial charge in [-0.1, -0.05) is 0 Å². The normalized spacial score (nSPS) is 31.7. The standard InChI is InChI=1S/C18H31N3O2.ClH/c1-3-20(4-2)18(23)16-6-5-9-21(16)17(22)12-13-10-14-7-8-15(11-13)19-14;/h13-16,19H,3-12H2,1-2H3;1H. The molecule has 2 bridgehead atoms. The van der Waals surface area contributed by atoms with Crippen molar-refractivity contribution in [1.29, 1.82) is 0 Å². The third-order valence-corrected chi connectivity index (χ3v) is 5.97. The molecule has 3 atom stereocenters. The van der Waals surface area contributed by atoms with E-state index in [2.05, 4.69) is 5.32 Å². The maximum atomic E-state index is 12.8. The molecule has 3 rings (SSSR count). The zero-order chi connectivity index (χ0) is 16.4. The molecule has 3 aliphatic rings. The van der Waals surface area contributed by atoms with Crippen LogP contribution in [0.3, 0.4) is 0 Å². The molecule has 138 valence electrons. The topological polar surface area (TPSA) is 52.7 Å². The monoisotopic (exact) mass is 357 g/mol. The van der Waals surface area contributed by atoms with E-state index < -0.39 is 0 Å². The Labute approximate surface area is 151 Å². The number of hydrogen-bond acceptors (Lipinski definition) is 3. The lowest BCUT2D eigenvalue weighted by Gasteiger charge is -2.32. The van der Waals surface area contributed by atoms with Crippen LogP contribution in [0.2, 0.25) is 0 Å². The van der Waals surface area contributed by atoms with Crippen LogP contribution in [0.15, 0.2) is 0 Å².